The molecule has 0 spiro atoms. The van der Waals surface area contributed by atoms with Gasteiger partial charge in [-0.05, 0) is 63.6 Å². The first-order chi connectivity index (χ1) is 15.7. The second kappa shape index (κ2) is 11.9. The number of carbonyl (C=O) groups is 2. The molecule has 7 nitrogen and oxygen atoms in total. The summed E-state index contributed by atoms with van der Waals surface area (Å²) in [5, 5.41) is 13.9. The molecule has 0 radical (unpaired) electrons. The Morgan fingerprint density at radius 1 is 1.24 bits per heavy atom. The second-order valence-electron chi connectivity index (χ2n) is 10.4. The number of aliphatic hydroxyl groups is 1. The molecule has 0 bridgehead atoms. The molecule has 1 saturated heterocycles. The van der Waals surface area contributed by atoms with Crippen LogP contribution in [0.25, 0.3) is 0 Å². The molecule has 4 atom stereocenters. The molecule has 1 fully saturated rings. The predicted molar refractivity (Wildman–Crippen MR) is 124 cm³/mol. The van der Waals surface area contributed by atoms with Gasteiger partial charge in [0.2, 0.25) is 5.91 Å². The molecule has 2 rings (SSSR count). The van der Waals surface area contributed by atoms with Gasteiger partial charge >= 0.3 is 6.09 Å². The van der Waals surface area contributed by atoms with Crippen LogP contribution in [0.2, 0.25) is 0 Å². The summed E-state index contributed by atoms with van der Waals surface area (Å²) < 4.78 is 39.0. The van der Waals surface area contributed by atoms with E-state index in [9.17, 15) is 23.5 Å². The summed E-state index contributed by atoms with van der Waals surface area (Å²) in [6.45, 7) is 11.0. The number of carbonyl (C=O) groups excluding carboxylic acids is 2. The van der Waals surface area contributed by atoms with E-state index in [1.54, 1.807) is 20.8 Å². The SMILES string of the molecule is CC(=O)N[C@@H](Cc1cc(F)cc(F)c1)[C@H](O)[C@H]1CO[C@@H](CCC(C)C)CN1C(=O)OC(C)(C)C. The predicted octanol–water partition coefficient (Wildman–Crippen LogP) is 3.81. The van der Waals surface area contributed by atoms with Gasteiger partial charge in [-0.25, -0.2) is 13.6 Å². The fourth-order valence-electron chi connectivity index (χ4n) is 4.01. The Morgan fingerprint density at radius 2 is 1.85 bits per heavy atom. The number of benzene rings is 1. The van der Waals surface area contributed by atoms with Gasteiger partial charge < -0.3 is 19.9 Å². The Labute approximate surface area is 200 Å². The summed E-state index contributed by atoms with van der Waals surface area (Å²) in [5.41, 5.74) is -0.472. The van der Waals surface area contributed by atoms with Gasteiger partial charge in [0, 0.05) is 13.0 Å². The molecule has 34 heavy (non-hydrogen) atoms. The largest absolute Gasteiger partial charge is 0.444 e. The first kappa shape index (κ1) is 28.0. The normalized spacial score (nSPS) is 20.7. The number of morpholine rings is 1. The number of nitrogens with one attached hydrogen (secondary N) is 1. The van der Waals surface area contributed by atoms with E-state index in [2.05, 4.69) is 19.2 Å². The van der Waals surface area contributed by atoms with Crippen LogP contribution in [0.3, 0.4) is 0 Å². The summed E-state index contributed by atoms with van der Waals surface area (Å²) in [6.07, 6.45) is -0.446. The van der Waals surface area contributed by atoms with Gasteiger partial charge in [-0.2, -0.15) is 0 Å². The molecular formula is C25H38F2N2O5. The Morgan fingerprint density at radius 3 is 2.38 bits per heavy atom. The maximum atomic E-state index is 13.7. The van der Waals surface area contributed by atoms with E-state index in [0.717, 1.165) is 31.0 Å². The molecule has 192 valence electrons. The van der Waals surface area contributed by atoms with Crippen molar-refractivity contribution in [1.29, 1.82) is 0 Å². The van der Waals surface area contributed by atoms with Crippen molar-refractivity contribution >= 4 is 12.0 Å². The van der Waals surface area contributed by atoms with Crippen molar-refractivity contribution in [3.05, 3.63) is 35.4 Å². The third kappa shape index (κ3) is 8.83. The number of hydrogen-bond acceptors (Lipinski definition) is 5. The van der Waals surface area contributed by atoms with Crippen LogP contribution in [0.15, 0.2) is 18.2 Å². The topological polar surface area (TPSA) is 88.1 Å². The van der Waals surface area contributed by atoms with Crippen LogP contribution in [0, 0.1) is 17.6 Å². The molecule has 1 aromatic rings. The van der Waals surface area contributed by atoms with E-state index in [4.69, 9.17) is 9.47 Å². The number of rotatable bonds is 8. The Balaban J connectivity index is 2.28. The van der Waals surface area contributed by atoms with Gasteiger partial charge in [-0.1, -0.05) is 13.8 Å². The van der Waals surface area contributed by atoms with Gasteiger partial charge in [0.25, 0.3) is 0 Å². The zero-order valence-corrected chi connectivity index (χ0v) is 20.9. The first-order valence-electron chi connectivity index (χ1n) is 11.8. The van der Waals surface area contributed by atoms with Gasteiger partial charge in [-0.15, -0.1) is 0 Å². The molecular weight excluding hydrogens is 446 g/mol. The van der Waals surface area contributed by atoms with Crippen molar-refractivity contribution in [2.45, 2.75) is 90.7 Å². The summed E-state index contributed by atoms with van der Waals surface area (Å²) in [6, 6.07) is 1.32. The molecule has 1 heterocycles. The van der Waals surface area contributed by atoms with E-state index in [1.165, 1.54) is 11.8 Å². The summed E-state index contributed by atoms with van der Waals surface area (Å²) >= 11 is 0. The van der Waals surface area contributed by atoms with Crippen LogP contribution in [-0.2, 0) is 20.7 Å². The first-order valence-corrected chi connectivity index (χ1v) is 11.8. The lowest BCUT2D eigenvalue weighted by Gasteiger charge is -2.43. The van der Waals surface area contributed by atoms with Gasteiger partial charge in [0.05, 0.1) is 37.4 Å². The number of aliphatic hydroxyl groups excluding tert-OH is 1. The molecule has 1 aromatic carbocycles. The zero-order chi connectivity index (χ0) is 25.6. The minimum atomic E-state index is -1.27. The van der Waals surface area contributed by atoms with Gasteiger partial charge in [0.15, 0.2) is 0 Å². The quantitative estimate of drug-likeness (QED) is 0.586. The molecule has 0 unspecified atom stereocenters. The average Bonchev–Trinajstić information content (AvgIpc) is 2.68. The van der Waals surface area contributed by atoms with Crippen molar-refractivity contribution < 1.29 is 33.0 Å². The van der Waals surface area contributed by atoms with Crippen LogP contribution >= 0.6 is 0 Å². The minimum Gasteiger partial charge on any atom is -0.444 e. The van der Waals surface area contributed by atoms with E-state index in [0.29, 0.717) is 5.92 Å². The highest BCUT2D eigenvalue weighted by Gasteiger charge is 2.41. The highest BCUT2D eigenvalue weighted by Crippen LogP contribution is 2.24. The highest BCUT2D eigenvalue weighted by atomic mass is 19.1. The number of nitrogens with zero attached hydrogens (tertiary/aromatic N) is 1. The maximum Gasteiger partial charge on any atom is 0.410 e. The van der Waals surface area contributed by atoms with Crippen molar-refractivity contribution in [3.8, 4) is 0 Å². The van der Waals surface area contributed by atoms with Crippen LogP contribution in [-0.4, -0.2) is 65.1 Å². The number of halogens is 2. The van der Waals surface area contributed by atoms with Crippen molar-refractivity contribution in [2.24, 2.45) is 5.92 Å². The van der Waals surface area contributed by atoms with Gasteiger partial charge in [0.1, 0.15) is 17.2 Å². The molecule has 9 heteroatoms. The Bertz CT molecular complexity index is 823. The van der Waals surface area contributed by atoms with Crippen LogP contribution in [0.5, 0.6) is 0 Å². The average molecular weight is 485 g/mol. The van der Waals surface area contributed by atoms with Crippen molar-refractivity contribution in [3.63, 3.8) is 0 Å². The molecule has 0 saturated carbocycles. The second-order valence-corrected chi connectivity index (χ2v) is 10.4. The summed E-state index contributed by atoms with van der Waals surface area (Å²) in [5.74, 6) is -1.46. The zero-order valence-electron chi connectivity index (χ0n) is 20.9. The lowest BCUT2D eigenvalue weighted by molar-refractivity contribution is -0.124. The fraction of sp³-hybridized carbons (Fsp3) is 0.680. The number of amides is 2. The molecule has 0 aromatic heterocycles. The number of hydrogen-bond donors (Lipinski definition) is 2. The Hall–Kier alpha value is -2.26. The number of ether oxygens (including phenoxy) is 2. The summed E-state index contributed by atoms with van der Waals surface area (Å²) in [7, 11) is 0. The van der Waals surface area contributed by atoms with Crippen LogP contribution in [0.4, 0.5) is 13.6 Å². The monoisotopic (exact) mass is 484 g/mol. The molecule has 1 aliphatic heterocycles. The van der Waals surface area contributed by atoms with E-state index in [-0.39, 0.29) is 31.2 Å². The van der Waals surface area contributed by atoms with E-state index >= 15 is 0 Å². The van der Waals surface area contributed by atoms with E-state index < -0.39 is 47.4 Å². The molecule has 1 aliphatic rings. The Kier molecular flexibility index (Phi) is 9.82. The van der Waals surface area contributed by atoms with Crippen molar-refractivity contribution in [2.75, 3.05) is 13.2 Å². The lowest BCUT2D eigenvalue weighted by atomic mass is 9.94. The lowest BCUT2D eigenvalue weighted by Crippen LogP contribution is -2.62. The third-order valence-corrected chi connectivity index (χ3v) is 5.57. The molecule has 2 amide bonds. The van der Waals surface area contributed by atoms with Crippen LogP contribution in [0.1, 0.15) is 59.9 Å². The van der Waals surface area contributed by atoms with Crippen molar-refractivity contribution in [1.82, 2.24) is 10.2 Å². The molecule has 2 N–H and O–H groups in total. The van der Waals surface area contributed by atoms with E-state index in [1.807, 2.05) is 0 Å². The standard InChI is InChI=1S/C25H38F2N2O5/c1-15(2)7-8-20-13-29(24(32)34-25(4,5)6)22(14-33-20)23(31)21(28-16(3)30)11-17-9-18(26)12-19(27)10-17/h9-10,12,15,20-23,31H,7-8,11,13-14H2,1-6H3,(H,28,30)/t20-,21-,22+,23-/m0/s1. The third-order valence-electron chi connectivity index (χ3n) is 5.57. The van der Waals surface area contributed by atoms with Gasteiger partial charge in [-0.3, -0.25) is 9.69 Å². The van der Waals surface area contributed by atoms with Crippen LogP contribution < -0.4 is 5.32 Å². The maximum absolute atomic E-state index is 13.7. The minimum absolute atomic E-state index is 0.0368. The molecule has 0 aliphatic carbocycles. The smallest absolute Gasteiger partial charge is 0.410 e. The fourth-order valence-corrected chi connectivity index (χ4v) is 4.01. The summed E-state index contributed by atoms with van der Waals surface area (Å²) in [4.78, 5) is 26.4. The highest BCUT2D eigenvalue weighted by molar-refractivity contribution is 5.73.